The number of carbonyl (C=O) groups is 1. The minimum atomic E-state index is -4.21. The third-order valence-electron chi connectivity index (χ3n) is 3.80. The molecule has 3 N–H and O–H groups in total. The number of rotatable bonds is 7. The molecular weight excluding hydrogens is 399 g/mol. The number of aromatic carboxylic acids is 1. The molecule has 1 fully saturated rings. The van der Waals surface area contributed by atoms with E-state index in [4.69, 9.17) is 5.11 Å². The van der Waals surface area contributed by atoms with Crippen LogP contribution in [0.1, 0.15) is 23.2 Å². The van der Waals surface area contributed by atoms with Gasteiger partial charge >= 0.3 is 5.97 Å². The number of anilines is 1. The van der Waals surface area contributed by atoms with Gasteiger partial charge in [-0.25, -0.2) is 30.7 Å². The van der Waals surface area contributed by atoms with Crippen LogP contribution in [0.3, 0.4) is 0 Å². The molecule has 144 valence electrons. The topological polar surface area (TPSA) is 130 Å². The van der Waals surface area contributed by atoms with Gasteiger partial charge in [0.15, 0.2) is 0 Å². The van der Waals surface area contributed by atoms with Gasteiger partial charge in [0.25, 0.3) is 10.0 Å². The van der Waals surface area contributed by atoms with Gasteiger partial charge in [0.05, 0.1) is 21.0 Å². The third-order valence-corrected chi connectivity index (χ3v) is 6.72. The molecule has 0 amide bonds. The molecule has 0 unspecified atom stereocenters. The lowest BCUT2D eigenvalue weighted by Gasteiger charge is -2.11. The number of hydrogen-bond acceptors (Lipinski definition) is 5. The van der Waals surface area contributed by atoms with Crippen molar-refractivity contribution in [2.24, 2.45) is 0 Å². The summed E-state index contributed by atoms with van der Waals surface area (Å²) < 4.78 is 66.9. The van der Waals surface area contributed by atoms with Crippen molar-refractivity contribution in [1.29, 1.82) is 0 Å². The van der Waals surface area contributed by atoms with Crippen LogP contribution in [0.25, 0.3) is 0 Å². The molecule has 0 radical (unpaired) electrons. The molecule has 2 aromatic carbocycles. The summed E-state index contributed by atoms with van der Waals surface area (Å²) in [7, 11) is -7.93. The zero-order valence-electron chi connectivity index (χ0n) is 13.7. The fourth-order valence-corrected chi connectivity index (χ4v) is 4.66. The van der Waals surface area contributed by atoms with Gasteiger partial charge in [0, 0.05) is 6.04 Å². The molecule has 27 heavy (non-hydrogen) atoms. The highest BCUT2D eigenvalue weighted by molar-refractivity contribution is 7.92. The van der Waals surface area contributed by atoms with Crippen LogP contribution in [0.5, 0.6) is 0 Å². The first kappa shape index (κ1) is 19.3. The highest BCUT2D eigenvalue weighted by Gasteiger charge is 2.28. The van der Waals surface area contributed by atoms with Crippen LogP contribution in [0.2, 0.25) is 0 Å². The molecule has 3 rings (SSSR count). The molecule has 0 spiro atoms. The lowest BCUT2D eigenvalue weighted by atomic mass is 10.2. The van der Waals surface area contributed by atoms with Gasteiger partial charge in [0.2, 0.25) is 10.0 Å². The summed E-state index contributed by atoms with van der Waals surface area (Å²) in [5.41, 5.74) is -0.859. The average Bonchev–Trinajstić information content (AvgIpc) is 3.39. The average molecular weight is 414 g/mol. The Kier molecular flexibility index (Phi) is 4.93. The maximum atomic E-state index is 13.2. The second kappa shape index (κ2) is 6.91. The summed E-state index contributed by atoms with van der Waals surface area (Å²) in [5.74, 6) is -2.33. The molecule has 8 nitrogen and oxygen atoms in total. The minimum Gasteiger partial charge on any atom is -0.478 e. The molecule has 0 aliphatic heterocycles. The lowest BCUT2D eigenvalue weighted by molar-refractivity contribution is 0.0697. The monoisotopic (exact) mass is 414 g/mol. The van der Waals surface area contributed by atoms with E-state index in [1.54, 1.807) is 0 Å². The van der Waals surface area contributed by atoms with E-state index in [2.05, 4.69) is 9.44 Å². The van der Waals surface area contributed by atoms with Crippen LogP contribution < -0.4 is 9.44 Å². The molecule has 1 saturated carbocycles. The second-order valence-corrected chi connectivity index (χ2v) is 9.36. The summed E-state index contributed by atoms with van der Waals surface area (Å²) in [6, 6.07) is 6.98. The Labute approximate surface area is 155 Å². The van der Waals surface area contributed by atoms with E-state index in [9.17, 15) is 26.0 Å². The van der Waals surface area contributed by atoms with Gasteiger partial charge in [-0.2, -0.15) is 0 Å². The van der Waals surface area contributed by atoms with Crippen molar-refractivity contribution < 1.29 is 31.1 Å². The van der Waals surface area contributed by atoms with Gasteiger partial charge < -0.3 is 5.11 Å². The second-order valence-electron chi connectivity index (χ2n) is 5.97. The minimum absolute atomic E-state index is 0.0821. The van der Waals surface area contributed by atoms with Crippen LogP contribution in [0.15, 0.2) is 52.3 Å². The molecule has 0 bridgehead atoms. The molecule has 1 aliphatic carbocycles. The SMILES string of the molecule is O=C(O)c1cc(F)ccc1NS(=O)(=O)c1ccc(S(=O)(=O)NC2CC2)cc1. The number of carboxylic acids is 1. The molecule has 0 aromatic heterocycles. The van der Waals surface area contributed by atoms with Crippen LogP contribution in [0, 0.1) is 5.82 Å². The summed E-state index contributed by atoms with van der Waals surface area (Å²) in [4.78, 5) is 10.8. The Hall–Kier alpha value is -2.50. The normalized spacial score (nSPS) is 14.7. The van der Waals surface area contributed by atoms with Crippen molar-refractivity contribution in [2.45, 2.75) is 28.7 Å². The Balaban J connectivity index is 1.86. The largest absolute Gasteiger partial charge is 0.478 e. The Bertz CT molecular complexity index is 1090. The van der Waals surface area contributed by atoms with Crippen molar-refractivity contribution in [1.82, 2.24) is 4.72 Å². The predicted octanol–water partition coefficient (Wildman–Crippen LogP) is 1.77. The van der Waals surface area contributed by atoms with Gasteiger partial charge in [-0.05, 0) is 55.3 Å². The molecule has 0 saturated heterocycles. The molecule has 11 heteroatoms. The smallest absolute Gasteiger partial charge is 0.337 e. The van der Waals surface area contributed by atoms with E-state index < -0.39 is 37.4 Å². The lowest BCUT2D eigenvalue weighted by Crippen LogP contribution is -2.25. The number of sulfonamides is 2. The highest BCUT2D eigenvalue weighted by atomic mass is 32.2. The van der Waals surface area contributed by atoms with Crippen molar-refractivity contribution in [2.75, 3.05) is 4.72 Å². The summed E-state index contributed by atoms with van der Waals surface area (Å²) in [5, 5.41) is 9.09. The number of halogens is 1. The van der Waals surface area contributed by atoms with Crippen LogP contribution in [-0.2, 0) is 20.0 Å². The van der Waals surface area contributed by atoms with Crippen LogP contribution in [-0.4, -0.2) is 34.0 Å². The van der Waals surface area contributed by atoms with Crippen molar-refractivity contribution in [3.63, 3.8) is 0 Å². The van der Waals surface area contributed by atoms with Crippen LogP contribution >= 0.6 is 0 Å². The Morgan fingerprint density at radius 1 is 0.963 bits per heavy atom. The predicted molar refractivity (Wildman–Crippen MR) is 94.0 cm³/mol. The fraction of sp³-hybridized carbons (Fsp3) is 0.188. The Morgan fingerprint density at radius 3 is 2.04 bits per heavy atom. The first-order chi connectivity index (χ1) is 12.6. The van der Waals surface area contributed by atoms with Crippen molar-refractivity contribution in [3.8, 4) is 0 Å². The van der Waals surface area contributed by atoms with E-state index in [1.807, 2.05) is 0 Å². The van der Waals surface area contributed by atoms with E-state index >= 15 is 0 Å². The Morgan fingerprint density at radius 2 is 1.52 bits per heavy atom. The molecule has 0 heterocycles. The van der Waals surface area contributed by atoms with Crippen LogP contribution in [0.4, 0.5) is 10.1 Å². The standard InChI is InChI=1S/C16H15FN2O6S2/c17-10-1-8-15(14(9-10)16(20)21)19-27(24,25)13-6-4-12(5-7-13)26(22,23)18-11-2-3-11/h1,4-9,11,18-19H,2-3H2,(H,20,21). The number of nitrogens with one attached hydrogen (secondary N) is 2. The van der Waals surface area contributed by atoms with Gasteiger partial charge in [-0.1, -0.05) is 0 Å². The van der Waals surface area contributed by atoms with E-state index in [-0.39, 0.29) is 21.5 Å². The summed E-state index contributed by atoms with van der Waals surface area (Å²) in [6.07, 6.45) is 1.53. The van der Waals surface area contributed by atoms with Crippen molar-refractivity contribution in [3.05, 3.63) is 53.8 Å². The quantitative estimate of drug-likeness (QED) is 0.633. The van der Waals surface area contributed by atoms with Gasteiger partial charge in [-0.3, -0.25) is 4.72 Å². The first-order valence-corrected chi connectivity index (χ1v) is 10.7. The number of hydrogen-bond donors (Lipinski definition) is 3. The van der Waals surface area contributed by atoms with E-state index in [0.29, 0.717) is 6.07 Å². The third kappa shape index (κ3) is 4.43. The molecular formula is C16H15FN2O6S2. The zero-order valence-corrected chi connectivity index (χ0v) is 15.3. The van der Waals surface area contributed by atoms with Gasteiger partial charge in [-0.15, -0.1) is 0 Å². The maximum Gasteiger partial charge on any atom is 0.337 e. The number of benzene rings is 2. The molecule has 1 aliphatic rings. The number of carboxylic acid groups (broad SMARTS) is 1. The molecule has 2 aromatic rings. The fourth-order valence-electron chi connectivity index (χ4n) is 2.27. The summed E-state index contributed by atoms with van der Waals surface area (Å²) >= 11 is 0. The van der Waals surface area contributed by atoms with Gasteiger partial charge in [0.1, 0.15) is 5.82 Å². The highest BCUT2D eigenvalue weighted by Crippen LogP contribution is 2.24. The summed E-state index contributed by atoms with van der Waals surface area (Å²) in [6.45, 7) is 0. The van der Waals surface area contributed by atoms with E-state index in [0.717, 1.165) is 49.2 Å². The van der Waals surface area contributed by atoms with E-state index in [1.165, 1.54) is 0 Å². The van der Waals surface area contributed by atoms with Crippen molar-refractivity contribution >= 4 is 31.7 Å². The molecule has 0 atom stereocenters. The zero-order chi connectivity index (χ0) is 19.8. The first-order valence-electron chi connectivity index (χ1n) is 7.76. The maximum absolute atomic E-state index is 13.2.